The number of carbonyl (C=O) groups is 1. The minimum atomic E-state index is -0.672. The van der Waals surface area contributed by atoms with E-state index in [0.29, 0.717) is 0 Å². The SMILES string of the molecule is O=C(O)C1CCN(Cc2cc3c(cc2Br)OCO3)CC1. The summed E-state index contributed by atoms with van der Waals surface area (Å²) in [5.74, 6) is 0.689. The number of nitrogens with zero attached hydrogens (tertiary/aromatic N) is 1. The summed E-state index contributed by atoms with van der Waals surface area (Å²) >= 11 is 3.56. The zero-order chi connectivity index (χ0) is 14.1. The van der Waals surface area contributed by atoms with Gasteiger partial charge in [-0.1, -0.05) is 15.9 Å². The summed E-state index contributed by atoms with van der Waals surface area (Å²) in [5.41, 5.74) is 1.14. The number of fused-ring (bicyclic) bond motifs is 1. The molecule has 0 aromatic heterocycles. The first-order valence-electron chi connectivity index (χ1n) is 6.66. The maximum Gasteiger partial charge on any atom is 0.306 e. The molecule has 1 saturated heterocycles. The van der Waals surface area contributed by atoms with Crippen LogP contribution in [0.3, 0.4) is 0 Å². The summed E-state index contributed by atoms with van der Waals surface area (Å²) in [5, 5.41) is 9.01. The number of likely N-dealkylation sites (tertiary alicyclic amines) is 1. The second kappa shape index (κ2) is 5.61. The van der Waals surface area contributed by atoms with Crippen molar-refractivity contribution in [1.29, 1.82) is 0 Å². The van der Waals surface area contributed by atoms with Crippen LogP contribution in [-0.4, -0.2) is 35.9 Å². The minimum Gasteiger partial charge on any atom is -0.481 e. The van der Waals surface area contributed by atoms with Gasteiger partial charge in [-0.05, 0) is 43.6 Å². The highest BCUT2D eigenvalue weighted by atomic mass is 79.9. The second-order valence-corrected chi connectivity index (χ2v) is 6.04. The minimum absolute atomic E-state index is 0.188. The molecule has 5 nitrogen and oxygen atoms in total. The molecule has 2 aliphatic heterocycles. The number of piperidine rings is 1. The average molecular weight is 342 g/mol. The highest BCUT2D eigenvalue weighted by molar-refractivity contribution is 9.10. The van der Waals surface area contributed by atoms with Gasteiger partial charge in [-0.15, -0.1) is 0 Å². The number of benzene rings is 1. The summed E-state index contributed by atoms with van der Waals surface area (Å²) in [6.07, 6.45) is 1.44. The Balaban J connectivity index is 1.66. The number of halogens is 1. The Kier molecular flexibility index (Phi) is 3.85. The number of hydrogen-bond donors (Lipinski definition) is 1. The van der Waals surface area contributed by atoms with Crippen molar-refractivity contribution >= 4 is 21.9 Å². The summed E-state index contributed by atoms with van der Waals surface area (Å²) in [6.45, 7) is 2.70. The van der Waals surface area contributed by atoms with Gasteiger partial charge in [0.25, 0.3) is 0 Å². The lowest BCUT2D eigenvalue weighted by atomic mass is 9.97. The Morgan fingerprint density at radius 3 is 2.60 bits per heavy atom. The van der Waals surface area contributed by atoms with E-state index in [2.05, 4.69) is 20.8 Å². The van der Waals surface area contributed by atoms with Crippen LogP contribution < -0.4 is 9.47 Å². The molecule has 2 aliphatic rings. The van der Waals surface area contributed by atoms with Crippen LogP contribution in [-0.2, 0) is 11.3 Å². The van der Waals surface area contributed by atoms with Crippen LogP contribution in [0.25, 0.3) is 0 Å². The monoisotopic (exact) mass is 341 g/mol. The third-order valence-corrected chi connectivity index (χ3v) is 4.61. The van der Waals surface area contributed by atoms with Gasteiger partial charge in [-0.25, -0.2) is 0 Å². The smallest absolute Gasteiger partial charge is 0.306 e. The van der Waals surface area contributed by atoms with Gasteiger partial charge in [-0.3, -0.25) is 9.69 Å². The van der Waals surface area contributed by atoms with Gasteiger partial charge in [0.15, 0.2) is 11.5 Å². The standard InChI is InChI=1S/C14H16BrNO4/c15-11-6-13-12(19-8-20-13)5-10(11)7-16-3-1-9(2-4-16)14(17)18/h5-6,9H,1-4,7-8H2,(H,17,18). The van der Waals surface area contributed by atoms with E-state index < -0.39 is 5.97 Å². The van der Waals surface area contributed by atoms with Gasteiger partial charge in [0.2, 0.25) is 6.79 Å². The van der Waals surface area contributed by atoms with E-state index in [0.717, 1.165) is 54.0 Å². The van der Waals surface area contributed by atoms with Gasteiger partial charge in [0.05, 0.1) is 5.92 Å². The number of hydrogen-bond acceptors (Lipinski definition) is 4. The molecular weight excluding hydrogens is 326 g/mol. The van der Waals surface area contributed by atoms with Crippen molar-refractivity contribution in [1.82, 2.24) is 4.90 Å². The molecule has 2 heterocycles. The molecule has 0 saturated carbocycles. The number of carboxylic acid groups (broad SMARTS) is 1. The van der Waals surface area contributed by atoms with Crippen LogP contribution in [0.1, 0.15) is 18.4 Å². The Labute approximate surface area is 125 Å². The molecule has 1 fully saturated rings. The Morgan fingerprint density at radius 2 is 1.95 bits per heavy atom. The topological polar surface area (TPSA) is 59.0 Å². The molecule has 1 N–H and O–H groups in total. The van der Waals surface area contributed by atoms with Gasteiger partial charge >= 0.3 is 5.97 Å². The highest BCUT2D eigenvalue weighted by Crippen LogP contribution is 2.37. The van der Waals surface area contributed by atoms with E-state index in [9.17, 15) is 4.79 Å². The van der Waals surface area contributed by atoms with Crippen LogP contribution in [0.2, 0.25) is 0 Å². The van der Waals surface area contributed by atoms with E-state index in [4.69, 9.17) is 14.6 Å². The van der Waals surface area contributed by atoms with Gasteiger partial charge in [0.1, 0.15) is 0 Å². The van der Waals surface area contributed by atoms with E-state index >= 15 is 0 Å². The Hall–Kier alpha value is -1.27. The molecule has 0 spiro atoms. The summed E-state index contributed by atoms with van der Waals surface area (Å²) in [6, 6.07) is 3.93. The fraction of sp³-hybridized carbons (Fsp3) is 0.500. The number of carboxylic acids is 1. The fourth-order valence-electron chi connectivity index (χ4n) is 2.66. The van der Waals surface area contributed by atoms with Gasteiger partial charge in [-0.2, -0.15) is 0 Å². The van der Waals surface area contributed by atoms with Gasteiger partial charge < -0.3 is 14.6 Å². The first-order valence-corrected chi connectivity index (χ1v) is 7.46. The van der Waals surface area contributed by atoms with Crippen molar-refractivity contribution in [3.8, 4) is 11.5 Å². The molecule has 0 amide bonds. The van der Waals surface area contributed by atoms with E-state index in [1.54, 1.807) is 0 Å². The highest BCUT2D eigenvalue weighted by Gasteiger charge is 2.25. The first-order chi connectivity index (χ1) is 9.63. The first kappa shape index (κ1) is 13.7. The van der Waals surface area contributed by atoms with Crippen molar-refractivity contribution in [2.45, 2.75) is 19.4 Å². The molecule has 1 aromatic rings. The second-order valence-electron chi connectivity index (χ2n) is 5.19. The molecule has 1 aromatic carbocycles. The van der Waals surface area contributed by atoms with Gasteiger partial charge in [0, 0.05) is 11.0 Å². The molecule has 0 bridgehead atoms. The molecule has 6 heteroatoms. The molecule has 108 valence electrons. The lowest BCUT2D eigenvalue weighted by Gasteiger charge is -2.30. The summed E-state index contributed by atoms with van der Waals surface area (Å²) in [7, 11) is 0. The normalized spacial score (nSPS) is 19.2. The number of rotatable bonds is 3. The molecular formula is C14H16BrNO4. The van der Waals surface area contributed by atoms with Crippen molar-refractivity contribution in [2.75, 3.05) is 19.9 Å². The molecule has 0 unspecified atom stereocenters. The molecule has 0 aliphatic carbocycles. The van der Waals surface area contributed by atoms with Crippen molar-refractivity contribution in [3.63, 3.8) is 0 Å². The Morgan fingerprint density at radius 1 is 1.30 bits per heavy atom. The van der Waals surface area contributed by atoms with Crippen molar-refractivity contribution in [2.24, 2.45) is 5.92 Å². The lowest BCUT2D eigenvalue weighted by Crippen LogP contribution is -2.35. The zero-order valence-corrected chi connectivity index (χ0v) is 12.6. The average Bonchev–Trinajstić information content (AvgIpc) is 2.87. The molecule has 20 heavy (non-hydrogen) atoms. The van der Waals surface area contributed by atoms with Crippen LogP contribution in [0.15, 0.2) is 16.6 Å². The van der Waals surface area contributed by atoms with E-state index in [1.807, 2.05) is 12.1 Å². The van der Waals surface area contributed by atoms with E-state index in [-0.39, 0.29) is 12.7 Å². The summed E-state index contributed by atoms with van der Waals surface area (Å²) in [4.78, 5) is 13.2. The quantitative estimate of drug-likeness (QED) is 0.915. The largest absolute Gasteiger partial charge is 0.481 e. The predicted octanol–water partition coefficient (Wildman–Crippen LogP) is 2.47. The summed E-state index contributed by atoms with van der Waals surface area (Å²) < 4.78 is 11.7. The van der Waals surface area contributed by atoms with Crippen LogP contribution in [0.5, 0.6) is 11.5 Å². The molecule has 3 rings (SSSR count). The molecule has 0 atom stereocenters. The number of ether oxygens (including phenoxy) is 2. The van der Waals surface area contributed by atoms with Crippen molar-refractivity contribution in [3.05, 3.63) is 22.2 Å². The molecule has 0 radical (unpaired) electrons. The third-order valence-electron chi connectivity index (χ3n) is 3.87. The Bertz CT molecular complexity index is 526. The van der Waals surface area contributed by atoms with Crippen LogP contribution in [0.4, 0.5) is 0 Å². The van der Waals surface area contributed by atoms with E-state index in [1.165, 1.54) is 0 Å². The lowest BCUT2D eigenvalue weighted by molar-refractivity contribution is -0.143. The number of aliphatic carboxylic acids is 1. The predicted molar refractivity (Wildman–Crippen MR) is 75.9 cm³/mol. The van der Waals surface area contributed by atoms with Crippen LogP contribution >= 0.6 is 15.9 Å². The maximum atomic E-state index is 10.9. The maximum absolute atomic E-state index is 10.9. The van der Waals surface area contributed by atoms with Crippen LogP contribution in [0, 0.1) is 5.92 Å². The zero-order valence-electron chi connectivity index (χ0n) is 11.0. The fourth-order valence-corrected chi connectivity index (χ4v) is 3.11. The van der Waals surface area contributed by atoms with Crippen molar-refractivity contribution < 1.29 is 19.4 Å². The third kappa shape index (κ3) is 2.76.